The number of aliphatic hydroxyl groups is 1. The van der Waals surface area contributed by atoms with E-state index in [4.69, 9.17) is 11.6 Å². The molecule has 2 N–H and O–H groups in total. The van der Waals surface area contributed by atoms with Crippen LogP contribution in [0.25, 0.3) is 0 Å². The van der Waals surface area contributed by atoms with Gasteiger partial charge in [0, 0.05) is 6.54 Å². The summed E-state index contributed by atoms with van der Waals surface area (Å²) in [6, 6.07) is 4.29. The molecule has 0 bridgehead atoms. The Morgan fingerprint density at radius 3 is 2.65 bits per heavy atom. The van der Waals surface area contributed by atoms with Gasteiger partial charge in [0.05, 0.1) is 10.6 Å². The van der Waals surface area contributed by atoms with Crippen LogP contribution in [0.15, 0.2) is 18.2 Å². The highest BCUT2D eigenvalue weighted by Gasteiger charge is 2.23. The van der Waals surface area contributed by atoms with Crippen LogP contribution in [0.3, 0.4) is 0 Å². The maximum absolute atomic E-state index is 13.0. The Balaban J connectivity index is 2.71. The fraction of sp³-hybridized carbons (Fsp3) is 0.538. The smallest absolute Gasteiger partial charge is 0.141 e. The van der Waals surface area contributed by atoms with Gasteiger partial charge < -0.3 is 10.4 Å². The average Bonchev–Trinajstić information content (AvgIpc) is 2.21. The van der Waals surface area contributed by atoms with Crippen molar-refractivity contribution in [2.45, 2.75) is 26.4 Å². The molecule has 1 atom stereocenters. The van der Waals surface area contributed by atoms with Crippen molar-refractivity contribution in [3.63, 3.8) is 0 Å². The van der Waals surface area contributed by atoms with Crippen molar-refractivity contribution in [2.75, 3.05) is 13.1 Å². The molecule has 0 heterocycles. The normalized spacial score (nSPS) is 15.0. The van der Waals surface area contributed by atoms with Gasteiger partial charge in [-0.1, -0.05) is 31.5 Å². The third-order valence-electron chi connectivity index (χ3n) is 2.56. The van der Waals surface area contributed by atoms with Crippen LogP contribution in [0.4, 0.5) is 4.39 Å². The van der Waals surface area contributed by atoms with E-state index in [0.717, 1.165) is 6.54 Å². The highest BCUT2D eigenvalue weighted by Crippen LogP contribution is 2.24. The maximum atomic E-state index is 13.0. The Kier molecular flexibility index (Phi) is 4.92. The first-order valence-electron chi connectivity index (χ1n) is 5.71. The molecule has 0 aromatic heterocycles. The minimum Gasteiger partial charge on any atom is -0.384 e. The highest BCUT2D eigenvalue weighted by atomic mass is 35.5. The second kappa shape index (κ2) is 5.80. The van der Waals surface area contributed by atoms with E-state index >= 15 is 0 Å². The number of benzene rings is 1. The molecule has 0 spiro atoms. The zero-order chi connectivity index (χ0) is 13.1. The highest BCUT2D eigenvalue weighted by molar-refractivity contribution is 6.30. The molecule has 1 aromatic rings. The van der Waals surface area contributed by atoms with Crippen molar-refractivity contribution < 1.29 is 9.50 Å². The number of hydrogen-bond acceptors (Lipinski definition) is 2. The lowest BCUT2D eigenvalue weighted by Crippen LogP contribution is -2.37. The van der Waals surface area contributed by atoms with Crippen LogP contribution < -0.4 is 5.32 Å². The monoisotopic (exact) mass is 259 g/mol. The van der Waals surface area contributed by atoms with Gasteiger partial charge in [0.1, 0.15) is 5.82 Å². The SMILES string of the molecule is CC(C)CNCC(C)(O)c1ccc(F)c(Cl)c1. The molecule has 17 heavy (non-hydrogen) atoms. The van der Waals surface area contributed by atoms with Crippen LogP contribution in [-0.2, 0) is 5.60 Å². The van der Waals surface area contributed by atoms with Crippen molar-refractivity contribution in [3.05, 3.63) is 34.6 Å². The van der Waals surface area contributed by atoms with Crippen LogP contribution in [0.1, 0.15) is 26.3 Å². The predicted molar refractivity (Wildman–Crippen MR) is 68.7 cm³/mol. The lowest BCUT2D eigenvalue weighted by molar-refractivity contribution is 0.0563. The molecular formula is C13H19ClFNO. The van der Waals surface area contributed by atoms with Crippen molar-refractivity contribution >= 4 is 11.6 Å². The summed E-state index contributed by atoms with van der Waals surface area (Å²) in [7, 11) is 0. The fourth-order valence-corrected chi connectivity index (χ4v) is 1.72. The van der Waals surface area contributed by atoms with Gasteiger partial charge >= 0.3 is 0 Å². The third kappa shape index (κ3) is 4.26. The molecular weight excluding hydrogens is 241 g/mol. The Labute approximate surface area is 107 Å². The third-order valence-corrected chi connectivity index (χ3v) is 2.85. The molecule has 96 valence electrons. The molecule has 1 rings (SSSR count). The maximum Gasteiger partial charge on any atom is 0.141 e. The minimum absolute atomic E-state index is 0.0339. The molecule has 1 aromatic carbocycles. The van der Waals surface area contributed by atoms with Gasteiger partial charge in [0.2, 0.25) is 0 Å². The zero-order valence-corrected chi connectivity index (χ0v) is 11.2. The number of nitrogens with one attached hydrogen (secondary N) is 1. The van der Waals surface area contributed by atoms with Gasteiger partial charge in [0.15, 0.2) is 0 Å². The van der Waals surface area contributed by atoms with Crippen LogP contribution in [0.5, 0.6) is 0 Å². The topological polar surface area (TPSA) is 32.3 Å². The molecule has 0 fully saturated rings. The van der Waals surface area contributed by atoms with E-state index in [1.807, 2.05) is 0 Å². The molecule has 2 nitrogen and oxygen atoms in total. The Hall–Kier alpha value is -0.640. The lowest BCUT2D eigenvalue weighted by Gasteiger charge is -2.25. The van der Waals surface area contributed by atoms with Crippen molar-refractivity contribution in [2.24, 2.45) is 5.92 Å². The van der Waals surface area contributed by atoms with Crippen molar-refractivity contribution in [3.8, 4) is 0 Å². The summed E-state index contributed by atoms with van der Waals surface area (Å²) in [4.78, 5) is 0. The Morgan fingerprint density at radius 2 is 2.12 bits per heavy atom. The van der Waals surface area contributed by atoms with E-state index in [2.05, 4.69) is 19.2 Å². The van der Waals surface area contributed by atoms with Gasteiger partial charge in [-0.15, -0.1) is 0 Å². The summed E-state index contributed by atoms with van der Waals surface area (Å²) in [5.41, 5.74) is -0.438. The molecule has 0 aliphatic heterocycles. The standard InChI is InChI=1S/C13H19ClFNO/c1-9(2)7-16-8-13(3,17)10-4-5-12(15)11(14)6-10/h4-6,9,16-17H,7-8H2,1-3H3. The molecule has 4 heteroatoms. The largest absolute Gasteiger partial charge is 0.384 e. The Morgan fingerprint density at radius 1 is 1.47 bits per heavy atom. The average molecular weight is 260 g/mol. The van der Waals surface area contributed by atoms with Gasteiger partial charge in [-0.3, -0.25) is 0 Å². The first kappa shape index (κ1) is 14.4. The first-order valence-corrected chi connectivity index (χ1v) is 6.09. The zero-order valence-electron chi connectivity index (χ0n) is 10.4. The van der Waals surface area contributed by atoms with E-state index in [1.54, 1.807) is 13.0 Å². The van der Waals surface area contributed by atoms with Crippen LogP contribution >= 0.6 is 11.6 Å². The second-order valence-corrected chi connectivity index (χ2v) is 5.33. The molecule has 0 saturated heterocycles. The van der Waals surface area contributed by atoms with E-state index < -0.39 is 11.4 Å². The number of rotatable bonds is 5. The number of halogens is 2. The Bertz CT molecular complexity index is 380. The lowest BCUT2D eigenvalue weighted by atomic mass is 9.96. The summed E-state index contributed by atoms with van der Waals surface area (Å²) in [5, 5.41) is 13.5. The van der Waals surface area contributed by atoms with Crippen LogP contribution in [0.2, 0.25) is 5.02 Å². The van der Waals surface area contributed by atoms with Gasteiger partial charge in [-0.25, -0.2) is 4.39 Å². The molecule has 0 radical (unpaired) electrons. The summed E-state index contributed by atoms with van der Waals surface area (Å²) in [5.74, 6) is 0.0453. The minimum atomic E-state index is -1.05. The van der Waals surface area contributed by atoms with E-state index in [-0.39, 0.29) is 5.02 Å². The van der Waals surface area contributed by atoms with E-state index in [1.165, 1.54) is 12.1 Å². The van der Waals surface area contributed by atoms with E-state index in [0.29, 0.717) is 18.0 Å². The predicted octanol–water partition coefficient (Wildman–Crippen LogP) is 2.93. The summed E-state index contributed by atoms with van der Waals surface area (Å²) >= 11 is 5.70. The van der Waals surface area contributed by atoms with Crippen molar-refractivity contribution in [1.29, 1.82) is 0 Å². The van der Waals surface area contributed by atoms with Gasteiger partial charge in [-0.2, -0.15) is 0 Å². The van der Waals surface area contributed by atoms with E-state index in [9.17, 15) is 9.50 Å². The summed E-state index contributed by atoms with van der Waals surface area (Å²) < 4.78 is 13.0. The molecule has 0 aliphatic carbocycles. The molecule has 0 aliphatic rings. The van der Waals surface area contributed by atoms with Crippen molar-refractivity contribution in [1.82, 2.24) is 5.32 Å². The molecule has 0 saturated carbocycles. The van der Waals surface area contributed by atoms with Crippen LogP contribution in [0, 0.1) is 11.7 Å². The van der Waals surface area contributed by atoms with Gasteiger partial charge in [-0.05, 0) is 37.1 Å². The summed E-state index contributed by atoms with van der Waals surface area (Å²) in [6.07, 6.45) is 0. The first-order chi connectivity index (χ1) is 7.83. The number of hydrogen-bond donors (Lipinski definition) is 2. The fourth-order valence-electron chi connectivity index (χ4n) is 1.54. The quantitative estimate of drug-likeness (QED) is 0.852. The van der Waals surface area contributed by atoms with Gasteiger partial charge in [0.25, 0.3) is 0 Å². The summed E-state index contributed by atoms with van der Waals surface area (Å²) in [6.45, 7) is 7.11. The van der Waals surface area contributed by atoms with Crippen LogP contribution in [-0.4, -0.2) is 18.2 Å². The molecule has 0 amide bonds. The molecule has 1 unspecified atom stereocenters. The second-order valence-electron chi connectivity index (χ2n) is 4.93.